The van der Waals surface area contributed by atoms with Crippen LogP contribution in [0.2, 0.25) is 0 Å². The molecule has 36 heavy (non-hydrogen) atoms. The Hall–Kier alpha value is -4.40. The van der Waals surface area contributed by atoms with Crippen LogP contribution in [0.15, 0.2) is 140 Å². The van der Waals surface area contributed by atoms with Gasteiger partial charge in [0.05, 0.1) is 5.69 Å². The van der Waals surface area contributed by atoms with Crippen molar-refractivity contribution in [3.63, 3.8) is 0 Å². The highest BCUT2D eigenvalue weighted by atomic mass is 32.1. The molecule has 0 saturated carbocycles. The third kappa shape index (κ3) is 3.46. The maximum absolute atomic E-state index is 2.35. The van der Waals surface area contributed by atoms with E-state index in [4.69, 9.17) is 0 Å². The van der Waals surface area contributed by atoms with Gasteiger partial charge in [-0.15, -0.1) is 11.3 Å². The fourth-order valence-corrected chi connectivity index (χ4v) is 6.41. The summed E-state index contributed by atoms with van der Waals surface area (Å²) in [7, 11) is 0. The molecule has 0 atom stereocenters. The van der Waals surface area contributed by atoms with Crippen molar-refractivity contribution in [1.29, 1.82) is 0 Å². The Kier molecular flexibility index (Phi) is 5.04. The third-order valence-corrected chi connectivity index (χ3v) is 8.08. The maximum Gasteiger partial charge on any atom is 0.0540 e. The molecular weight excluding hydrogens is 454 g/mol. The summed E-state index contributed by atoms with van der Waals surface area (Å²) in [4.78, 5) is 2.35. The molecular formula is C34H23NS. The average molecular weight is 478 g/mol. The van der Waals surface area contributed by atoms with Crippen molar-refractivity contribution in [3.8, 4) is 11.1 Å². The summed E-state index contributed by atoms with van der Waals surface area (Å²) in [5.74, 6) is 0. The predicted octanol–water partition coefficient (Wildman–Crippen LogP) is 10.3. The quantitative estimate of drug-likeness (QED) is 0.244. The summed E-state index contributed by atoms with van der Waals surface area (Å²) < 4.78 is 2.68. The highest BCUT2D eigenvalue weighted by Crippen LogP contribution is 2.42. The summed E-state index contributed by atoms with van der Waals surface area (Å²) in [6.07, 6.45) is 0. The van der Waals surface area contributed by atoms with Crippen LogP contribution in [0.25, 0.3) is 42.1 Å². The third-order valence-electron chi connectivity index (χ3n) is 6.86. The van der Waals surface area contributed by atoms with Crippen LogP contribution in [0.3, 0.4) is 0 Å². The Bertz CT molecular complexity index is 1830. The smallest absolute Gasteiger partial charge is 0.0540 e. The number of thiophene rings is 1. The number of para-hydroxylation sites is 1. The number of nitrogens with zero attached hydrogens (tertiary/aromatic N) is 1. The zero-order chi connectivity index (χ0) is 23.9. The molecule has 6 aromatic carbocycles. The first-order valence-electron chi connectivity index (χ1n) is 12.2. The van der Waals surface area contributed by atoms with Gasteiger partial charge in [0, 0.05) is 36.9 Å². The van der Waals surface area contributed by atoms with Gasteiger partial charge in [-0.2, -0.15) is 0 Å². The first kappa shape index (κ1) is 20.9. The SMILES string of the molecule is c1ccc(N(c2ccc(-c3cccc4c3sc3ccccc34)cc2)c2cccc3ccccc23)cc1. The molecule has 0 radical (unpaired) electrons. The van der Waals surface area contributed by atoms with Crippen molar-refractivity contribution in [2.45, 2.75) is 0 Å². The first-order valence-corrected chi connectivity index (χ1v) is 13.0. The molecule has 0 fully saturated rings. The Labute approximate surface area is 214 Å². The molecule has 0 bridgehead atoms. The Morgan fingerprint density at radius 2 is 1.08 bits per heavy atom. The van der Waals surface area contributed by atoms with Crippen LogP contribution >= 0.6 is 11.3 Å². The number of anilines is 3. The van der Waals surface area contributed by atoms with Gasteiger partial charge in [-0.05, 0) is 52.9 Å². The minimum absolute atomic E-state index is 1.14. The Morgan fingerprint density at radius 1 is 0.444 bits per heavy atom. The van der Waals surface area contributed by atoms with E-state index in [0.717, 1.165) is 11.4 Å². The van der Waals surface area contributed by atoms with Gasteiger partial charge in [0.2, 0.25) is 0 Å². The lowest BCUT2D eigenvalue weighted by atomic mass is 10.0. The van der Waals surface area contributed by atoms with Crippen LogP contribution in [0.1, 0.15) is 0 Å². The molecule has 0 unspecified atom stereocenters. The normalized spacial score (nSPS) is 11.3. The van der Waals surface area contributed by atoms with Crippen LogP contribution < -0.4 is 4.90 Å². The van der Waals surface area contributed by atoms with Crippen LogP contribution in [0.5, 0.6) is 0 Å². The summed E-state index contributed by atoms with van der Waals surface area (Å²) in [5.41, 5.74) is 6.00. The molecule has 7 aromatic rings. The molecule has 0 amide bonds. The van der Waals surface area contributed by atoms with Crippen molar-refractivity contribution >= 4 is 59.3 Å². The van der Waals surface area contributed by atoms with Crippen molar-refractivity contribution in [1.82, 2.24) is 0 Å². The van der Waals surface area contributed by atoms with Gasteiger partial charge in [-0.3, -0.25) is 0 Å². The van der Waals surface area contributed by atoms with Crippen molar-refractivity contribution in [2.75, 3.05) is 4.90 Å². The summed E-state index contributed by atoms with van der Waals surface area (Å²) >= 11 is 1.88. The summed E-state index contributed by atoms with van der Waals surface area (Å²) in [5, 5.41) is 5.15. The number of hydrogen-bond acceptors (Lipinski definition) is 2. The molecule has 0 spiro atoms. The highest BCUT2D eigenvalue weighted by molar-refractivity contribution is 7.26. The second kappa shape index (κ2) is 8.67. The van der Waals surface area contributed by atoms with E-state index in [-0.39, 0.29) is 0 Å². The van der Waals surface area contributed by atoms with Gasteiger partial charge in [-0.1, -0.05) is 103 Å². The zero-order valence-electron chi connectivity index (χ0n) is 19.6. The van der Waals surface area contributed by atoms with Gasteiger partial charge in [0.15, 0.2) is 0 Å². The lowest BCUT2D eigenvalue weighted by molar-refractivity contribution is 1.30. The van der Waals surface area contributed by atoms with Crippen LogP contribution in [0, 0.1) is 0 Å². The average Bonchev–Trinajstić information content (AvgIpc) is 3.33. The molecule has 0 aliphatic heterocycles. The minimum Gasteiger partial charge on any atom is -0.310 e. The van der Waals surface area contributed by atoms with Crippen molar-refractivity contribution < 1.29 is 0 Å². The standard InChI is InChI=1S/C34H23NS/c1-2-12-26(13-3-1)35(32-18-8-11-24-10-4-5-14-28(24)32)27-22-20-25(21-23-27)29-16-9-17-31-30-15-6-7-19-33(30)36-34(29)31/h1-23H. The highest BCUT2D eigenvalue weighted by Gasteiger charge is 2.16. The fraction of sp³-hybridized carbons (Fsp3) is 0. The van der Waals surface area contributed by atoms with E-state index in [1.807, 2.05) is 11.3 Å². The molecule has 0 N–H and O–H groups in total. The number of rotatable bonds is 4. The molecule has 170 valence electrons. The maximum atomic E-state index is 2.35. The second-order valence-electron chi connectivity index (χ2n) is 9.00. The Balaban J connectivity index is 1.37. The first-order chi connectivity index (χ1) is 17.9. The zero-order valence-corrected chi connectivity index (χ0v) is 20.5. The molecule has 0 saturated heterocycles. The van der Waals surface area contributed by atoms with Gasteiger partial charge in [0.25, 0.3) is 0 Å². The summed E-state index contributed by atoms with van der Waals surface area (Å²) in [6, 6.07) is 50.1. The predicted molar refractivity (Wildman–Crippen MR) is 157 cm³/mol. The Morgan fingerprint density at radius 3 is 1.94 bits per heavy atom. The molecule has 0 aliphatic carbocycles. The van der Waals surface area contributed by atoms with Gasteiger partial charge >= 0.3 is 0 Å². The van der Waals surface area contributed by atoms with Crippen molar-refractivity contribution in [3.05, 3.63) is 140 Å². The lowest BCUT2D eigenvalue weighted by Gasteiger charge is -2.27. The van der Waals surface area contributed by atoms with E-state index in [0.29, 0.717) is 0 Å². The molecule has 7 rings (SSSR count). The lowest BCUT2D eigenvalue weighted by Crippen LogP contribution is -2.10. The second-order valence-corrected chi connectivity index (χ2v) is 10.0. The van der Waals surface area contributed by atoms with E-state index < -0.39 is 0 Å². The summed E-state index contributed by atoms with van der Waals surface area (Å²) in [6.45, 7) is 0. The van der Waals surface area contributed by atoms with Gasteiger partial charge < -0.3 is 4.90 Å². The van der Waals surface area contributed by atoms with Gasteiger partial charge in [0.1, 0.15) is 0 Å². The van der Waals surface area contributed by atoms with Crippen molar-refractivity contribution in [2.24, 2.45) is 0 Å². The van der Waals surface area contributed by atoms with Crippen LogP contribution in [0.4, 0.5) is 17.1 Å². The van der Waals surface area contributed by atoms with E-state index in [2.05, 4.69) is 144 Å². The van der Waals surface area contributed by atoms with Gasteiger partial charge in [-0.25, -0.2) is 0 Å². The molecule has 1 nitrogen and oxygen atoms in total. The monoisotopic (exact) mass is 477 g/mol. The van der Waals surface area contributed by atoms with E-state index in [1.54, 1.807) is 0 Å². The van der Waals surface area contributed by atoms with Crippen LogP contribution in [-0.4, -0.2) is 0 Å². The molecule has 1 aromatic heterocycles. The van der Waals surface area contributed by atoms with E-state index >= 15 is 0 Å². The van der Waals surface area contributed by atoms with E-state index in [9.17, 15) is 0 Å². The molecule has 1 heterocycles. The molecule has 2 heteroatoms. The topological polar surface area (TPSA) is 3.24 Å². The fourth-order valence-electron chi connectivity index (χ4n) is 5.17. The minimum atomic E-state index is 1.14. The molecule has 0 aliphatic rings. The largest absolute Gasteiger partial charge is 0.310 e. The number of fused-ring (bicyclic) bond motifs is 4. The number of benzene rings is 6. The number of hydrogen-bond donors (Lipinski definition) is 0. The van der Waals surface area contributed by atoms with E-state index in [1.165, 1.54) is 47.8 Å². The van der Waals surface area contributed by atoms with Crippen LogP contribution in [-0.2, 0) is 0 Å².